The molecule has 0 aliphatic heterocycles. The molecule has 2 nitrogen and oxygen atoms in total. The van der Waals surface area contributed by atoms with Crippen LogP contribution >= 0.6 is 0 Å². The van der Waals surface area contributed by atoms with Gasteiger partial charge in [0.05, 0.1) is 5.69 Å². The number of benzene rings is 3. The second-order valence-electron chi connectivity index (χ2n) is 8.23. The van der Waals surface area contributed by atoms with E-state index in [-0.39, 0.29) is 0 Å². The normalized spacial score (nSPS) is 11.4. The van der Waals surface area contributed by atoms with Gasteiger partial charge >= 0.3 is 0 Å². The number of nitrogens with zero attached hydrogens (tertiary/aromatic N) is 2. The summed E-state index contributed by atoms with van der Waals surface area (Å²) in [6.45, 7) is 8.49. The van der Waals surface area contributed by atoms with Gasteiger partial charge in [0.15, 0.2) is 0 Å². The predicted molar refractivity (Wildman–Crippen MR) is 144 cm³/mol. The molecule has 0 radical (unpaired) electrons. The van der Waals surface area contributed by atoms with E-state index in [0.717, 1.165) is 17.7 Å². The summed E-state index contributed by atoms with van der Waals surface area (Å²) in [6.07, 6.45) is 7.15. The molecule has 0 aliphatic carbocycles. The second kappa shape index (κ2) is 11.8. The lowest BCUT2D eigenvalue weighted by Gasteiger charge is -2.06. The first-order valence-corrected chi connectivity index (χ1v) is 11.6. The Balaban J connectivity index is 0.000000215. The molecule has 2 heteroatoms. The minimum Gasteiger partial charge on any atom is -0.351 e. The summed E-state index contributed by atoms with van der Waals surface area (Å²) in [6, 6.07) is 29.5. The Labute approximate surface area is 199 Å². The number of aromatic nitrogens is 1. The van der Waals surface area contributed by atoms with E-state index in [1.165, 1.54) is 33.5 Å². The Morgan fingerprint density at radius 3 is 2.12 bits per heavy atom. The second-order valence-corrected chi connectivity index (χ2v) is 8.23. The fourth-order valence-corrected chi connectivity index (χ4v) is 3.90. The van der Waals surface area contributed by atoms with Crippen LogP contribution in [0.1, 0.15) is 36.1 Å². The van der Waals surface area contributed by atoms with Crippen LogP contribution in [-0.4, -0.2) is 10.8 Å². The van der Waals surface area contributed by atoms with Crippen molar-refractivity contribution in [2.45, 2.75) is 34.1 Å². The zero-order valence-corrected chi connectivity index (χ0v) is 20.4. The minimum absolute atomic E-state index is 1.00. The van der Waals surface area contributed by atoms with Crippen LogP contribution in [-0.2, 0) is 13.5 Å². The quantitative estimate of drug-likeness (QED) is 0.281. The molecule has 0 aliphatic rings. The first kappa shape index (κ1) is 24.0. The summed E-state index contributed by atoms with van der Waals surface area (Å²) >= 11 is 0. The summed E-state index contributed by atoms with van der Waals surface area (Å²) in [5.74, 6) is 0. The fourth-order valence-electron chi connectivity index (χ4n) is 3.90. The van der Waals surface area contributed by atoms with Crippen LogP contribution in [0.25, 0.3) is 16.8 Å². The van der Waals surface area contributed by atoms with Crippen molar-refractivity contribution < 1.29 is 0 Å². The van der Waals surface area contributed by atoms with E-state index in [0.29, 0.717) is 0 Å². The number of allylic oxidation sites excluding steroid dienone is 2. The van der Waals surface area contributed by atoms with Crippen LogP contribution in [0.2, 0.25) is 0 Å². The van der Waals surface area contributed by atoms with E-state index in [9.17, 15) is 0 Å². The van der Waals surface area contributed by atoms with Gasteiger partial charge in [-0.2, -0.15) is 0 Å². The first-order valence-electron chi connectivity index (χ1n) is 11.6. The van der Waals surface area contributed by atoms with Crippen molar-refractivity contribution >= 4 is 17.5 Å². The average Bonchev–Trinajstić information content (AvgIpc) is 3.26. The highest BCUT2D eigenvalue weighted by molar-refractivity contribution is 6.10. The molecule has 4 rings (SSSR count). The zero-order chi connectivity index (χ0) is 23.6. The van der Waals surface area contributed by atoms with Gasteiger partial charge in [0.25, 0.3) is 0 Å². The Bertz CT molecular complexity index is 1210. The molecule has 0 unspecified atom stereocenters. The Morgan fingerprint density at radius 2 is 1.52 bits per heavy atom. The van der Waals surface area contributed by atoms with Crippen LogP contribution in [0.15, 0.2) is 102 Å². The molecule has 1 aromatic heterocycles. The number of aliphatic imine (C=N–C) groups is 1. The monoisotopic (exact) mass is 434 g/mol. The largest absolute Gasteiger partial charge is 0.351 e. The van der Waals surface area contributed by atoms with Crippen LogP contribution in [0, 0.1) is 13.8 Å². The van der Waals surface area contributed by atoms with Gasteiger partial charge in [-0.1, -0.05) is 90.9 Å². The maximum Gasteiger partial charge on any atom is 0.0661 e. The molecule has 0 atom stereocenters. The molecular weight excluding hydrogens is 400 g/mol. The van der Waals surface area contributed by atoms with Gasteiger partial charge < -0.3 is 4.57 Å². The molecule has 33 heavy (non-hydrogen) atoms. The standard InChI is InChI=1S/C20H23N.C11H11N/c1-5-17-9-7-8-10-20(17)21-14-18(6-2)19-12-15(3)11-16(4)13-19;1-12-9-5-8-11(12)10-6-3-2-4-7-10/h6-14H,5H2,1-4H3;2-9H,1H3/b18-6+,21-14?;. The van der Waals surface area contributed by atoms with Crippen LogP contribution < -0.4 is 0 Å². The maximum absolute atomic E-state index is 4.69. The number of hydrogen-bond donors (Lipinski definition) is 0. The lowest BCUT2D eigenvalue weighted by molar-refractivity contribution is 0.937. The van der Waals surface area contributed by atoms with Crippen molar-refractivity contribution in [3.8, 4) is 11.3 Å². The molecule has 168 valence electrons. The molecule has 3 aromatic carbocycles. The highest BCUT2D eigenvalue weighted by Gasteiger charge is 2.02. The summed E-state index contributed by atoms with van der Waals surface area (Å²) in [5.41, 5.74) is 9.83. The number of aryl methyl sites for hydroxylation is 4. The van der Waals surface area contributed by atoms with E-state index < -0.39 is 0 Å². The molecule has 0 amide bonds. The van der Waals surface area contributed by atoms with Crippen molar-refractivity contribution in [1.29, 1.82) is 0 Å². The number of hydrogen-bond acceptors (Lipinski definition) is 1. The van der Waals surface area contributed by atoms with Gasteiger partial charge in [-0.25, -0.2) is 0 Å². The van der Waals surface area contributed by atoms with Crippen molar-refractivity contribution in [1.82, 2.24) is 4.57 Å². The number of rotatable bonds is 5. The third-order valence-electron chi connectivity index (χ3n) is 5.59. The lowest BCUT2D eigenvalue weighted by atomic mass is 10.0. The first-order chi connectivity index (χ1) is 16.0. The number of para-hydroxylation sites is 1. The molecular formula is C31H34N2. The van der Waals surface area contributed by atoms with E-state index in [2.05, 4.69) is 124 Å². The van der Waals surface area contributed by atoms with E-state index in [1.54, 1.807) is 0 Å². The SMILES string of the molecule is C/C=C(\C=Nc1ccccc1CC)c1cc(C)cc(C)c1.Cn1cccc1-c1ccccc1. The maximum atomic E-state index is 4.69. The van der Waals surface area contributed by atoms with Crippen LogP contribution in [0.3, 0.4) is 0 Å². The fraction of sp³-hybridized carbons (Fsp3) is 0.194. The third kappa shape index (κ3) is 6.66. The molecule has 4 aromatic rings. The van der Waals surface area contributed by atoms with Crippen molar-refractivity contribution in [2.75, 3.05) is 0 Å². The third-order valence-corrected chi connectivity index (χ3v) is 5.59. The van der Waals surface area contributed by atoms with Crippen LogP contribution in [0.5, 0.6) is 0 Å². The van der Waals surface area contributed by atoms with Crippen molar-refractivity contribution in [3.63, 3.8) is 0 Å². The van der Waals surface area contributed by atoms with E-state index >= 15 is 0 Å². The molecule has 0 saturated carbocycles. The van der Waals surface area contributed by atoms with Crippen molar-refractivity contribution in [2.24, 2.45) is 12.0 Å². The smallest absolute Gasteiger partial charge is 0.0661 e. The van der Waals surface area contributed by atoms with Gasteiger partial charge in [-0.05, 0) is 67.7 Å². The molecule has 0 spiro atoms. The van der Waals surface area contributed by atoms with Gasteiger partial charge in [0.2, 0.25) is 0 Å². The van der Waals surface area contributed by atoms with Gasteiger partial charge in [0.1, 0.15) is 0 Å². The summed E-state index contributed by atoms with van der Waals surface area (Å²) in [5, 5.41) is 0. The van der Waals surface area contributed by atoms with E-state index in [1.807, 2.05) is 18.3 Å². The summed E-state index contributed by atoms with van der Waals surface area (Å²) < 4.78 is 2.12. The van der Waals surface area contributed by atoms with Gasteiger partial charge in [0, 0.05) is 25.2 Å². The van der Waals surface area contributed by atoms with E-state index in [4.69, 9.17) is 4.99 Å². The molecule has 0 saturated heterocycles. The molecule has 0 N–H and O–H groups in total. The zero-order valence-electron chi connectivity index (χ0n) is 20.4. The topological polar surface area (TPSA) is 17.3 Å². The van der Waals surface area contributed by atoms with Gasteiger partial charge in [-0.3, -0.25) is 4.99 Å². The molecule has 0 fully saturated rings. The Kier molecular flexibility index (Phi) is 8.60. The van der Waals surface area contributed by atoms with Crippen molar-refractivity contribution in [3.05, 3.63) is 119 Å². The molecule has 1 heterocycles. The minimum atomic E-state index is 1.00. The Morgan fingerprint density at radius 1 is 0.848 bits per heavy atom. The highest BCUT2D eigenvalue weighted by Crippen LogP contribution is 2.22. The summed E-state index contributed by atoms with van der Waals surface area (Å²) in [7, 11) is 2.06. The predicted octanol–water partition coefficient (Wildman–Crippen LogP) is 8.36. The van der Waals surface area contributed by atoms with Gasteiger partial charge in [-0.15, -0.1) is 0 Å². The molecule has 0 bridgehead atoms. The highest BCUT2D eigenvalue weighted by atomic mass is 14.9. The lowest BCUT2D eigenvalue weighted by Crippen LogP contribution is -1.89. The van der Waals surface area contributed by atoms with Crippen LogP contribution in [0.4, 0.5) is 5.69 Å². The summed E-state index contributed by atoms with van der Waals surface area (Å²) in [4.78, 5) is 4.69. The average molecular weight is 435 g/mol. The Hall–Kier alpha value is -3.65.